The molecule has 13 heavy (non-hydrogen) atoms. The van der Waals surface area contributed by atoms with Crippen molar-refractivity contribution in [1.29, 1.82) is 0 Å². The molecule has 0 saturated carbocycles. The number of nitrogens with zero attached hydrogens (tertiary/aromatic N) is 1. The van der Waals surface area contributed by atoms with Gasteiger partial charge in [-0.05, 0) is 6.92 Å². The Hall–Kier alpha value is -0.490. The summed E-state index contributed by atoms with van der Waals surface area (Å²) in [5.74, 6) is 0. The normalized spacial score (nSPS) is 13.2. The van der Waals surface area contributed by atoms with Gasteiger partial charge in [0.25, 0.3) is 0 Å². The highest BCUT2D eigenvalue weighted by Gasteiger charge is 2.13. The number of aryl methyl sites for hydroxylation is 1. The van der Waals surface area contributed by atoms with Crippen LogP contribution in [-0.4, -0.2) is 23.8 Å². The van der Waals surface area contributed by atoms with Crippen LogP contribution in [0.1, 0.15) is 21.7 Å². The summed E-state index contributed by atoms with van der Waals surface area (Å²) in [5, 5.41) is 10.2. The Morgan fingerprint density at radius 1 is 1.69 bits per heavy atom. The number of rotatable bonds is 4. The maximum atomic E-state index is 9.54. The van der Waals surface area contributed by atoms with Crippen LogP contribution in [0.4, 0.5) is 0 Å². The third-order valence-electron chi connectivity index (χ3n) is 1.70. The van der Waals surface area contributed by atoms with Crippen molar-refractivity contribution in [3.05, 3.63) is 15.6 Å². The molecule has 3 N–H and O–H groups in total. The van der Waals surface area contributed by atoms with Gasteiger partial charge in [0, 0.05) is 18.5 Å². The molecule has 1 atom stereocenters. The SMILES string of the molecule is COCC(O)c1nc(C)c(CN)s1. The van der Waals surface area contributed by atoms with Crippen LogP contribution < -0.4 is 5.73 Å². The fraction of sp³-hybridized carbons (Fsp3) is 0.625. The smallest absolute Gasteiger partial charge is 0.129 e. The van der Waals surface area contributed by atoms with E-state index in [1.165, 1.54) is 11.3 Å². The molecule has 0 radical (unpaired) electrons. The van der Waals surface area contributed by atoms with Crippen molar-refractivity contribution >= 4 is 11.3 Å². The molecule has 0 bridgehead atoms. The predicted molar refractivity (Wildman–Crippen MR) is 51.6 cm³/mol. The van der Waals surface area contributed by atoms with Gasteiger partial charge in [-0.3, -0.25) is 0 Å². The highest BCUT2D eigenvalue weighted by molar-refractivity contribution is 7.11. The molecule has 0 aliphatic heterocycles. The number of methoxy groups -OCH3 is 1. The summed E-state index contributed by atoms with van der Waals surface area (Å²) in [4.78, 5) is 5.23. The Labute approximate surface area is 81.4 Å². The molecule has 0 amide bonds. The molecule has 74 valence electrons. The molecule has 1 rings (SSSR count). The number of aromatic nitrogens is 1. The van der Waals surface area contributed by atoms with E-state index in [0.29, 0.717) is 11.6 Å². The minimum Gasteiger partial charge on any atom is -0.383 e. The van der Waals surface area contributed by atoms with E-state index in [1.54, 1.807) is 7.11 Å². The second-order valence-electron chi connectivity index (χ2n) is 2.74. The van der Waals surface area contributed by atoms with Crippen LogP contribution in [0.15, 0.2) is 0 Å². The lowest BCUT2D eigenvalue weighted by Crippen LogP contribution is -2.04. The predicted octanol–water partition coefficient (Wildman–Crippen LogP) is 0.590. The van der Waals surface area contributed by atoms with Crippen LogP contribution in [0, 0.1) is 6.92 Å². The fourth-order valence-corrected chi connectivity index (χ4v) is 1.93. The maximum Gasteiger partial charge on any atom is 0.129 e. The number of ether oxygens (including phenoxy) is 1. The van der Waals surface area contributed by atoms with Crippen molar-refractivity contribution in [2.45, 2.75) is 19.6 Å². The third-order valence-corrected chi connectivity index (χ3v) is 2.99. The zero-order valence-electron chi connectivity index (χ0n) is 7.78. The zero-order valence-corrected chi connectivity index (χ0v) is 8.60. The number of aliphatic hydroxyl groups is 1. The summed E-state index contributed by atoms with van der Waals surface area (Å²) >= 11 is 1.44. The van der Waals surface area contributed by atoms with E-state index >= 15 is 0 Å². The summed E-state index contributed by atoms with van der Waals surface area (Å²) in [6.45, 7) is 2.64. The standard InChI is InChI=1S/C8H14N2O2S/c1-5-7(3-9)13-8(10-5)6(11)4-12-2/h6,11H,3-4,9H2,1-2H3. The van der Waals surface area contributed by atoms with E-state index in [4.69, 9.17) is 10.5 Å². The van der Waals surface area contributed by atoms with Gasteiger partial charge in [0.1, 0.15) is 11.1 Å². The lowest BCUT2D eigenvalue weighted by molar-refractivity contribution is 0.0642. The zero-order chi connectivity index (χ0) is 9.84. The van der Waals surface area contributed by atoms with Gasteiger partial charge in [-0.25, -0.2) is 4.98 Å². The van der Waals surface area contributed by atoms with Crippen LogP contribution in [0.2, 0.25) is 0 Å². The third kappa shape index (κ3) is 2.47. The van der Waals surface area contributed by atoms with Gasteiger partial charge in [0.05, 0.1) is 12.3 Å². The second kappa shape index (κ2) is 4.66. The van der Waals surface area contributed by atoms with Gasteiger partial charge in [-0.2, -0.15) is 0 Å². The molecule has 4 nitrogen and oxygen atoms in total. The Balaban J connectivity index is 2.77. The first-order valence-electron chi connectivity index (χ1n) is 4.02. The molecule has 0 saturated heterocycles. The first kappa shape index (κ1) is 10.6. The minimum absolute atomic E-state index is 0.275. The van der Waals surface area contributed by atoms with Gasteiger partial charge in [0.15, 0.2) is 0 Å². The lowest BCUT2D eigenvalue weighted by Gasteiger charge is -2.03. The van der Waals surface area contributed by atoms with Crippen LogP contribution in [-0.2, 0) is 11.3 Å². The highest BCUT2D eigenvalue weighted by Crippen LogP contribution is 2.23. The number of thiazole rings is 1. The van der Waals surface area contributed by atoms with Gasteiger partial charge in [-0.15, -0.1) is 11.3 Å². The number of aliphatic hydroxyl groups excluding tert-OH is 1. The van der Waals surface area contributed by atoms with E-state index in [2.05, 4.69) is 4.98 Å². The molecule has 1 aromatic rings. The van der Waals surface area contributed by atoms with Crippen molar-refractivity contribution in [3.8, 4) is 0 Å². The molecular weight excluding hydrogens is 188 g/mol. The molecular formula is C8H14N2O2S. The second-order valence-corrected chi connectivity index (χ2v) is 3.85. The monoisotopic (exact) mass is 202 g/mol. The maximum absolute atomic E-state index is 9.54. The summed E-state index contributed by atoms with van der Waals surface area (Å²) in [5.41, 5.74) is 6.40. The topological polar surface area (TPSA) is 68.4 Å². The molecule has 1 unspecified atom stereocenters. The molecule has 1 aromatic heterocycles. The van der Waals surface area contributed by atoms with Crippen molar-refractivity contribution < 1.29 is 9.84 Å². The Kier molecular flexibility index (Phi) is 3.80. The van der Waals surface area contributed by atoms with E-state index in [0.717, 1.165) is 10.6 Å². The molecule has 0 aliphatic rings. The van der Waals surface area contributed by atoms with E-state index < -0.39 is 6.10 Å². The van der Waals surface area contributed by atoms with Gasteiger partial charge >= 0.3 is 0 Å². The highest BCUT2D eigenvalue weighted by atomic mass is 32.1. The number of hydrogen-bond donors (Lipinski definition) is 2. The van der Waals surface area contributed by atoms with E-state index in [1.807, 2.05) is 6.92 Å². The number of hydrogen-bond acceptors (Lipinski definition) is 5. The summed E-state index contributed by atoms with van der Waals surface area (Å²) in [6.07, 6.45) is -0.631. The molecule has 5 heteroatoms. The molecule has 0 aliphatic carbocycles. The van der Waals surface area contributed by atoms with Gasteiger partial charge in [-0.1, -0.05) is 0 Å². The lowest BCUT2D eigenvalue weighted by atomic mass is 10.4. The largest absolute Gasteiger partial charge is 0.383 e. The van der Waals surface area contributed by atoms with Crippen LogP contribution >= 0.6 is 11.3 Å². The molecule has 1 heterocycles. The van der Waals surface area contributed by atoms with E-state index in [-0.39, 0.29) is 6.61 Å². The summed E-state index contributed by atoms with van der Waals surface area (Å²) < 4.78 is 4.83. The Bertz CT molecular complexity index is 275. The van der Waals surface area contributed by atoms with Crippen LogP contribution in [0.25, 0.3) is 0 Å². The van der Waals surface area contributed by atoms with Crippen molar-refractivity contribution in [3.63, 3.8) is 0 Å². The Morgan fingerprint density at radius 2 is 2.38 bits per heavy atom. The molecule has 0 spiro atoms. The average Bonchev–Trinajstić information content (AvgIpc) is 2.47. The van der Waals surface area contributed by atoms with Gasteiger partial charge in [0.2, 0.25) is 0 Å². The van der Waals surface area contributed by atoms with Gasteiger partial charge < -0.3 is 15.6 Å². The summed E-state index contributed by atoms with van der Waals surface area (Å²) in [7, 11) is 1.55. The Morgan fingerprint density at radius 3 is 2.85 bits per heavy atom. The van der Waals surface area contributed by atoms with Crippen molar-refractivity contribution in [2.75, 3.05) is 13.7 Å². The number of nitrogens with two attached hydrogens (primary N) is 1. The van der Waals surface area contributed by atoms with Crippen molar-refractivity contribution in [2.24, 2.45) is 5.73 Å². The summed E-state index contributed by atoms with van der Waals surface area (Å²) in [6, 6.07) is 0. The van der Waals surface area contributed by atoms with Crippen molar-refractivity contribution in [1.82, 2.24) is 4.98 Å². The molecule has 0 fully saturated rings. The van der Waals surface area contributed by atoms with Crippen LogP contribution in [0.3, 0.4) is 0 Å². The first-order chi connectivity index (χ1) is 6.19. The average molecular weight is 202 g/mol. The fourth-order valence-electron chi connectivity index (χ4n) is 1.01. The minimum atomic E-state index is -0.631. The molecule has 0 aromatic carbocycles. The van der Waals surface area contributed by atoms with Crippen LogP contribution in [0.5, 0.6) is 0 Å². The van der Waals surface area contributed by atoms with E-state index in [9.17, 15) is 5.11 Å². The quantitative estimate of drug-likeness (QED) is 0.750. The first-order valence-corrected chi connectivity index (χ1v) is 4.84.